The summed E-state index contributed by atoms with van der Waals surface area (Å²) in [5.74, 6) is 0. The summed E-state index contributed by atoms with van der Waals surface area (Å²) >= 11 is 4.13. The van der Waals surface area contributed by atoms with Crippen LogP contribution in [0.4, 0.5) is 0 Å². The maximum absolute atomic E-state index is 2.40. The van der Waals surface area contributed by atoms with Gasteiger partial charge in [-0.25, -0.2) is 0 Å². The molecule has 2 aromatic rings. The average Bonchev–Trinajstić information content (AvgIpc) is 2.50. The second-order valence-electron chi connectivity index (χ2n) is 6.23. The van der Waals surface area contributed by atoms with E-state index in [2.05, 4.69) is 75.0 Å². The van der Waals surface area contributed by atoms with Crippen LogP contribution in [0.2, 0.25) is 0 Å². The fraction of sp³-hybridized carbons (Fsp3) is 0.400. The predicted molar refractivity (Wildman–Crippen MR) is 100 cm³/mol. The van der Waals surface area contributed by atoms with Gasteiger partial charge in [-0.3, -0.25) is 0 Å². The number of benzene rings is 2. The average molecular weight is 329 g/mol. The van der Waals surface area contributed by atoms with Crippen molar-refractivity contribution in [2.24, 2.45) is 0 Å². The summed E-state index contributed by atoms with van der Waals surface area (Å²) in [5, 5.41) is 1.36. The molecule has 22 heavy (non-hydrogen) atoms. The highest BCUT2D eigenvalue weighted by atomic mass is 32.2. The second-order valence-corrected chi connectivity index (χ2v) is 8.84. The summed E-state index contributed by atoms with van der Waals surface area (Å²) in [6.07, 6.45) is 3.89. The van der Waals surface area contributed by atoms with Gasteiger partial charge in [-0.05, 0) is 50.5 Å². The molecule has 2 heteroatoms. The highest BCUT2D eigenvalue weighted by Gasteiger charge is 2.27. The molecule has 0 saturated heterocycles. The van der Waals surface area contributed by atoms with Crippen LogP contribution in [0.1, 0.15) is 48.1 Å². The van der Waals surface area contributed by atoms with E-state index in [0.717, 1.165) is 5.25 Å². The molecule has 0 saturated carbocycles. The van der Waals surface area contributed by atoms with Gasteiger partial charge < -0.3 is 0 Å². The first kappa shape index (κ1) is 16.0. The van der Waals surface area contributed by atoms with Gasteiger partial charge in [0.1, 0.15) is 0 Å². The summed E-state index contributed by atoms with van der Waals surface area (Å²) in [6, 6.07) is 16.0. The lowest BCUT2D eigenvalue weighted by Crippen LogP contribution is -2.14. The highest BCUT2D eigenvalue weighted by molar-refractivity contribution is 8.01. The first-order valence-corrected chi connectivity index (χ1v) is 9.92. The molecule has 0 aliphatic carbocycles. The zero-order valence-electron chi connectivity index (χ0n) is 13.6. The molecule has 3 rings (SSSR count). The van der Waals surface area contributed by atoms with Crippen LogP contribution in [-0.2, 0) is 0 Å². The third-order valence-corrected chi connectivity index (χ3v) is 6.86. The molecule has 0 aromatic heterocycles. The Morgan fingerprint density at radius 1 is 1.05 bits per heavy atom. The van der Waals surface area contributed by atoms with E-state index in [1.54, 1.807) is 5.56 Å². The molecule has 0 spiro atoms. The Balaban J connectivity index is 1.87. The SMILES string of the molecule is CCC[C@H]1C[C@H](Sc2ccc(C)cc2)c2cc(C)ccc2S1. The number of thioether (sulfide) groups is 2. The van der Waals surface area contributed by atoms with Crippen LogP contribution >= 0.6 is 23.5 Å². The van der Waals surface area contributed by atoms with E-state index in [9.17, 15) is 0 Å². The molecular weight excluding hydrogens is 304 g/mol. The maximum Gasteiger partial charge on any atom is 0.0366 e. The van der Waals surface area contributed by atoms with Crippen molar-refractivity contribution in [1.82, 2.24) is 0 Å². The van der Waals surface area contributed by atoms with Gasteiger partial charge in [0.2, 0.25) is 0 Å². The van der Waals surface area contributed by atoms with Crippen molar-refractivity contribution in [3.05, 3.63) is 59.2 Å². The van der Waals surface area contributed by atoms with Gasteiger partial charge in [-0.15, -0.1) is 23.5 Å². The zero-order valence-corrected chi connectivity index (χ0v) is 15.3. The predicted octanol–water partition coefficient (Wildman–Crippen LogP) is 6.80. The van der Waals surface area contributed by atoms with E-state index in [1.165, 1.54) is 40.2 Å². The molecule has 0 radical (unpaired) electrons. The molecule has 0 bridgehead atoms. The Bertz CT molecular complexity index is 631. The number of aryl methyl sites for hydroxylation is 2. The maximum atomic E-state index is 2.40. The monoisotopic (exact) mass is 328 g/mol. The van der Waals surface area contributed by atoms with E-state index >= 15 is 0 Å². The van der Waals surface area contributed by atoms with E-state index in [4.69, 9.17) is 0 Å². The van der Waals surface area contributed by atoms with Crippen LogP contribution < -0.4 is 0 Å². The molecule has 2 atom stereocenters. The summed E-state index contributed by atoms with van der Waals surface area (Å²) in [4.78, 5) is 2.89. The Labute approximate surface area is 143 Å². The Morgan fingerprint density at radius 3 is 2.50 bits per heavy atom. The van der Waals surface area contributed by atoms with Gasteiger partial charge in [0.15, 0.2) is 0 Å². The van der Waals surface area contributed by atoms with Crippen molar-refractivity contribution < 1.29 is 0 Å². The first-order chi connectivity index (χ1) is 10.7. The van der Waals surface area contributed by atoms with Gasteiger partial charge in [0.25, 0.3) is 0 Å². The lowest BCUT2D eigenvalue weighted by atomic mass is 10.0. The van der Waals surface area contributed by atoms with Crippen LogP contribution in [0.15, 0.2) is 52.3 Å². The number of hydrogen-bond acceptors (Lipinski definition) is 2. The van der Waals surface area contributed by atoms with Crippen LogP contribution in [0.5, 0.6) is 0 Å². The summed E-state index contributed by atoms with van der Waals surface area (Å²) in [6.45, 7) is 6.66. The molecule has 0 nitrogen and oxygen atoms in total. The molecule has 0 fully saturated rings. The quantitative estimate of drug-likeness (QED) is 0.605. The zero-order chi connectivity index (χ0) is 15.5. The fourth-order valence-electron chi connectivity index (χ4n) is 3.01. The molecule has 0 unspecified atom stereocenters. The van der Waals surface area contributed by atoms with Crippen LogP contribution in [0.3, 0.4) is 0 Å². The Morgan fingerprint density at radius 2 is 1.77 bits per heavy atom. The fourth-order valence-corrected chi connectivity index (χ4v) is 5.97. The van der Waals surface area contributed by atoms with Crippen molar-refractivity contribution in [3.63, 3.8) is 0 Å². The topological polar surface area (TPSA) is 0 Å². The molecule has 0 N–H and O–H groups in total. The molecule has 2 aromatic carbocycles. The largest absolute Gasteiger partial charge is 0.122 e. The molecule has 1 aliphatic heterocycles. The lowest BCUT2D eigenvalue weighted by molar-refractivity contribution is 0.659. The van der Waals surface area contributed by atoms with Crippen molar-refractivity contribution >= 4 is 23.5 Å². The van der Waals surface area contributed by atoms with Gasteiger partial charge >= 0.3 is 0 Å². The first-order valence-electron chi connectivity index (χ1n) is 8.16. The Kier molecular flexibility index (Phi) is 5.20. The summed E-state index contributed by atoms with van der Waals surface area (Å²) in [7, 11) is 0. The van der Waals surface area contributed by atoms with E-state index < -0.39 is 0 Å². The smallest absolute Gasteiger partial charge is 0.0366 e. The Hall–Kier alpha value is -0.860. The van der Waals surface area contributed by atoms with Crippen molar-refractivity contribution in [2.75, 3.05) is 0 Å². The third-order valence-electron chi connectivity index (χ3n) is 4.19. The van der Waals surface area contributed by atoms with E-state index in [-0.39, 0.29) is 0 Å². The molecule has 116 valence electrons. The normalized spacial score (nSPS) is 20.7. The van der Waals surface area contributed by atoms with Crippen LogP contribution in [-0.4, -0.2) is 5.25 Å². The number of fused-ring (bicyclic) bond motifs is 1. The highest BCUT2D eigenvalue weighted by Crippen LogP contribution is 2.50. The van der Waals surface area contributed by atoms with Gasteiger partial charge in [-0.1, -0.05) is 48.7 Å². The third kappa shape index (κ3) is 3.72. The summed E-state index contributed by atoms with van der Waals surface area (Å²) in [5.41, 5.74) is 4.26. The molecular formula is C20H24S2. The number of rotatable bonds is 4. The van der Waals surface area contributed by atoms with Crippen molar-refractivity contribution in [2.45, 2.75) is 60.3 Å². The molecule has 1 aliphatic rings. The number of hydrogen-bond donors (Lipinski definition) is 0. The van der Waals surface area contributed by atoms with Crippen LogP contribution in [0, 0.1) is 13.8 Å². The minimum atomic E-state index is 0.593. The van der Waals surface area contributed by atoms with E-state index in [1.807, 2.05) is 11.8 Å². The van der Waals surface area contributed by atoms with Gasteiger partial charge in [-0.2, -0.15) is 0 Å². The van der Waals surface area contributed by atoms with Gasteiger partial charge in [0.05, 0.1) is 0 Å². The van der Waals surface area contributed by atoms with E-state index in [0.29, 0.717) is 5.25 Å². The second kappa shape index (κ2) is 7.14. The summed E-state index contributed by atoms with van der Waals surface area (Å²) < 4.78 is 0. The minimum Gasteiger partial charge on any atom is -0.122 e. The van der Waals surface area contributed by atoms with Crippen molar-refractivity contribution in [1.29, 1.82) is 0 Å². The molecule has 1 heterocycles. The minimum absolute atomic E-state index is 0.593. The molecule has 0 amide bonds. The lowest BCUT2D eigenvalue weighted by Gasteiger charge is -2.31. The van der Waals surface area contributed by atoms with Crippen LogP contribution in [0.25, 0.3) is 0 Å². The van der Waals surface area contributed by atoms with Crippen molar-refractivity contribution in [3.8, 4) is 0 Å². The standard InChI is InChI=1S/C20H24S2/c1-4-5-17-13-20(21-16-9-6-14(2)7-10-16)18-12-15(3)8-11-19(18)22-17/h6-12,17,20H,4-5,13H2,1-3H3/t17-,20-/m0/s1. The van der Waals surface area contributed by atoms with Gasteiger partial charge in [0, 0.05) is 20.3 Å².